The molecule has 1 rings (SSSR count). The van der Waals surface area contributed by atoms with Crippen LogP contribution in [0, 0.1) is 19.3 Å². The molecule has 0 saturated heterocycles. The highest BCUT2D eigenvalue weighted by molar-refractivity contribution is 7.09. The van der Waals surface area contributed by atoms with Crippen LogP contribution in [0.3, 0.4) is 0 Å². The summed E-state index contributed by atoms with van der Waals surface area (Å²) in [6.07, 6.45) is 5.98. The molecule has 1 aromatic rings. The maximum atomic E-state index is 5.21. The first-order valence-electron chi connectivity index (χ1n) is 4.30. The van der Waals surface area contributed by atoms with Gasteiger partial charge in [0.05, 0.1) is 11.2 Å². The number of terminal acetylenes is 1. The monoisotopic (exact) mass is 194 g/mol. The summed E-state index contributed by atoms with van der Waals surface area (Å²) in [7, 11) is 0. The van der Waals surface area contributed by atoms with Crippen LogP contribution in [0.1, 0.15) is 23.9 Å². The van der Waals surface area contributed by atoms with Crippen LogP contribution in [0.25, 0.3) is 0 Å². The largest absolute Gasteiger partial charge is 0.308 e. The van der Waals surface area contributed by atoms with Gasteiger partial charge in [-0.25, -0.2) is 4.98 Å². The average Bonchev–Trinajstić information content (AvgIpc) is 2.48. The Bertz CT molecular complexity index is 298. The molecule has 1 N–H and O–H groups in total. The van der Waals surface area contributed by atoms with E-state index in [0.717, 1.165) is 18.7 Å². The third kappa shape index (κ3) is 3.17. The van der Waals surface area contributed by atoms with Gasteiger partial charge in [-0.1, -0.05) is 0 Å². The van der Waals surface area contributed by atoms with Crippen molar-refractivity contribution in [2.45, 2.75) is 32.9 Å². The second-order valence-electron chi connectivity index (χ2n) is 3.05. The van der Waals surface area contributed by atoms with Crippen LogP contribution in [-0.4, -0.2) is 11.0 Å². The summed E-state index contributed by atoms with van der Waals surface area (Å²) < 4.78 is 0. The molecule has 0 saturated carbocycles. The molecular weight excluding hydrogens is 180 g/mol. The van der Waals surface area contributed by atoms with Crippen molar-refractivity contribution in [3.8, 4) is 12.3 Å². The Morgan fingerprint density at radius 3 is 3.08 bits per heavy atom. The minimum absolute atomic E-state index is 0.381. The Morgan fingerprint density at radius 2 is 2.54 bits per heavy atom. The maximum Gasteiger partial charge on any atom is 0.0798 e. The van der Waals surface area contributed by atoms with Crippen molar-refractivity contribution in [3.63, 3.8) is 0 Å². The highest BCUT2D eigenvalue weighted by Crippen LogP contribution is 2.11. The van der Waals surface area contributed by atoms with Gasteiger partial charge in [0.25, 0.3) is 0 Å². The molecule has 1 unspecified atom stereocenters. The van der Waals surface area contributed by atoms with Crippen molar-refractivity contribution in [2.24, 2.45) is 0 Å². The van der Waals surface area contributed by atoms with E-state index < -0.39 is 0 Å². The van der Waals surface area contributed by atoms with E-state index in [-0.39, 0.29) is 0 Å². The molecule has 0 fully saturated rings. The first kappa shape index (κ1) is 10.2. The predicted octanol–water partition coefficient (Wildman–Crippen LogP) is 1.95. The van der Waals surface area contributed by atoms with Gasteiger partial charge in [-0.2, -0.15) is 0 Å². The number of nitrogens with zero attached hydrogens (tertiary/aromatic N) is 1. The molecule has 0 bridgehead atoms. The summed E-state index contributed by atoms with van der Waals surface area (Å²) in [5.74, 6) is 2.64. The fourth-order valence-electron chi connectivity index (χ4n) is 1.01. The van der Waals surface area contributed by atoms with E-state index in [1.807, 2.05) is 12.4 Å². The summed E-state index contributed by atoms with van der Waals surface area (Å²) >= 11 is 1.68. The SMILES string of the molecule is C#CCC(C)NCc1scnc1C. The maximum absolute atomic E-state index is 5.21. The zero-order chi connectivity index (χ0) is 9.68. The molecule has 0 spiro atoms. The normalized spacial score (nSPS) is 12.4. The van der Waals surface area contributed by atoms with E-state index in [9.17, 15) is 0 Å². The summed E-state index contributed by atoms with van der Waals surface area (Å²) in [5, 5.41) is 3.35. The molecule has 3 heteroatoms. The predicted molar refractivity (Wildman–Crippen MR) is 56.6 cm³/mol. The molecule has 13 heavy (non-hydrogen) atoms. The lowest BCUT2D eigenvalue weighted by molar-refractivity contribution is 0.561. The zero-order valence-corrected chi connectivity index (χ0v) is 8.82. The van der Waals surface area contributed by atoms with Crippen LogP contribution in [0.2, 0.25) is 0 Å². The summed E-state index contributed by atoms with van der Waals surface area (Å²) in [6, 6.07) is 0.381. The van der Waals surface area contributed by atoms with Crippen molar-refractivity contribution in [1.82, 2.24) is 10.3 Å². The Balaban J connectivity index is 2.36. The van der Waals surface area contributed by atoms with Crippen LogP contribution >= 0.6 is 11.3 Å². The molecule has 0 aliphatic carbocycles. The van der Waals surface area contributed by atoms with Gasteiger partial charge in [-0.3, -0.25) is 0 Å². The number of nitrogens with one attached hydrogen (secondary N) is 1. The molecule has 0 aromatic carbocycles. The van der Waals surface area contributed by atoms with E-state index in [1.165, 1.54) is 4.88 Å². The van der Waals surface area contributed by atoms with Gasteiger partial charge in [-0.05, 0) is 13.8 Å². The van der Waals surface area contributed by atoms with Crippen LogP contribution < -0.4 is 5.32 Å². The molecule has 1 atom stereocenters. The highest BCUT2D eigenvalue weighted by Gasteiger charge is 2.03. The third-order valence-corrected chi connectivity index (χ3v) is 2.82. The van der Waals surface area contributed by atoms with Gasteiger partial charge in [0.2, 0.25) is 0 Å². The van der Waals surface area contributed by atoms with Crippen molar-refractivity contribution in [1.29, 1.82) is 0 Å². The number of aromatic nitrogens is 1. The number of aryl methyl sites for hydroxylation is 1. The Morgan fingerprint density at radius 1 is 1.77 bits per heavy atom. The van der Waals surface area contributed by atoms with E-state index >= 15 is 0 Å². The minimum atomic E-state index is 0.381. The number of rotatable bonds is 4. The van der Waals surface area contributed by atoms with Gasteiger partial charge < -0.3 is 5.32 Å². The highest BCUT2D eigenvalue weighted by atomic mass is 32.1. The molecule has 0 aliphatic heterocycles. The Kier molecular flexibility index (Phi) is 3.94. The zero-order valence-electron chi connectivity index (χ0n) is 8.00. The fraction of sp³-hybridized carbons (Fsp3) is 0.500. The van der Waals surface area contributed by atoms with Gasteiger partial charge >= 0.3 is 0 Å². The van der Waals surface area contributed by atoms with E-state index in [0.29, 0.717) is 6.04 Å². The van der Waals surface area contributed by atoms with E-state index in [2.05, 4.69) is 23.1 Å². The molecule has 0 amide bonds. The van der Waals surface area contributed by atoms with Gasteiger partial charge in [0.15, 0.2) is 0 Å². The lowest BCUT2D eigenvalue weighted by Crippen LogP contribution is -2.24. The van der Waals surface area contributed by atoms with Crippen molar-refractivity contribution < 1.29 is 0 Å². The topological polar surface area (TPSA) is 24.9 Å². The van der Waals surface area contributed by atoms with Gasteiger partial charge in [0, 0.05) is 23.9 Å². The number of thiazole rings is 1. The lowest BCUT2D eigenvalue weighted by atomic mass is 10.2. The second-order valence-corrected chi connectivity index (χ2v) is 3.99. The van der Waals surface area contributed by atoms with Gasteiger partial charge in [-0.15, -0.1) is 23.7 Å². The summed E-state index contributed by atoms with van der Waals surface area (Å²) in [6.45, 7) is 4.99. The van der Waals surface area contributed by atoms with Crippen LogP contribution in [0.15, 0.2) is 5.51 Å². The molecular formula is C10H14N2S. The molecule has 0 aliphatic rings. The Labute approximate surface area is 83.4 Å². The molecule has 1 aromatic heterocycles. The second kappa shape index (κ2) is 5.00. The van der Waals surface area contributed by atoms with Crippen LogP contribution in [0.5, 0.6) is 0 Å². The minimum Gasteiger partial charge on any atom is -0.308 e. The van der Waals surface area contributed by atoms with E-state index in [1.54, 1.807) is 11.3 Å². The first-order chi connectivity index (χ1) is 6.24. The molecule has 1 heterocycles. The first-order valence-corrected chi connectivity index (χ1v) is 5.17. The molecule has 2 nitrogen and oxygen atoms in total. The summed E-state index contributed by atoms with van der Waals surface area (Å²) in [4.78, 5) is 5.47. The fourth-order valence-corrected chi connectivity index (χ4v) is 1.74. The lowest BCUT2D eigenvalue weighted by Gasteiger charge is -2.09. The average molecular weight is 194 g/mol. The third-order valence-electron chi connectivity index (χ3n) is 1.88. The molecule has 0 radical (unpaired) electrons. The standard InChI is InChI=1S/C10H14N2S/c1-4-5-8(2)11-6-10-9(3)12-7-13-10/h1,7-8,11H,5-6H2,2-3H3. The molecule has 70 valence electrons. The smallest absolute Gasteiger partial charge is 0.0798 e. The number of hydrogen-bond acceptors (Lipinski definition) is 3. The van der Waals surface area contributed by atoms with Crippen molar-refractivity contribution in [3.05, 3.63) is 16.1 Å². The number of hydrogen-bond donors (Lipinski definition) is 1. The van der Waals surface area contributed by atoms with Crippen molar-refractivity contribution >= 4 is 11.3 Å². The van der Waals surface area contributed by atoms with Crippen LogP contribution in [0.4, 0.5) is 0 Å². The van der Waals surface area contributed by atoms with Crippen molar-refractivity contribution in [2.75, 3.05) is 0 Å². The van der Waals surface area contributed by atoms with Gasteiger partial charge in [0.1, 0.15) is 0 Å². The summed E-state index contributed by atoms with van der Waals surface area (Å²) in [5.41, 5.74) is 2.99. The van der Waals surface area contributed by atoms with E-state index in [4.69, 9.17) is 6.42 Å². The quantitative estimate of drug-likeness (QED) is 0.741. The van der Waals surface area contributed by atoms with Crippen LogP contribution in [-0.2, 0) is 6.54 Å². The Hall–Kier alpha value is -0.850.